The van der Waals surface area contributed by atoms with Crippen LogP contribution in [0.2, 0.25) is 0 Å². The lowest BCUT2D eigenvalue weighted by atomic mass is 10.3. The fourth-order valence-electron chi connectivity index (χ4n) is 2.22. The van der Waals surface area contributed by atoms with Crippen LogP contribution in [0.4, 0.5) is 19.9 Å². The number of amides is 2. The van der Waals surface area contributed by atoms with E-state index in [1.165, 1.54) is 42.3 Å². The number of carbonyl (C=O) groups is 2. The van der Waals surface area contributed by atoms with Gasteiger partial charge in [-0.2, -0.15) is 0 Å². The highest BCUT2D eigenvalue weighted by Gasteiger charge is 2.17. The van der Waals surface area contributed by atoms with Crippen molar-refractivity contribution in [3.63, 3.8) is 0 Å². The fourth-order valence-corrected chi connectivity index (χ4v) is 3.14. The van der Waals surface area contributed by atoms with Gasteiger partial charge in [-0.3, -0.25) is 10.2 Å². The van der Waals surface area contributed by atoms with Gasteiger partial charge in [-0.25, -0.2) is 18.8 Å². The third-order valence-corrected chi connectivity index (χ3v) is 4.54. The third-order valence-electron chi connectivity index (χ3n) is 3.56. The van der Waals surface area contributed by atoms with Gasteiger partial charge in [-0.05, 0) is 24.3 Å². The zero-order valence-corrected chi connectivity index (χ0v) is 14.6. The summed E-state index contributed by atoms with van der Waals surface area (Å²) in [5.74, 6) is -1.26. The Balaban J connectivity index is 1.85. The number of nitrogens with one attached hydrogen (secondary N) is 1. The highest BCUT2D eigenvalue weighted by atomic mass is 32.1. The molecule has 9 heteroatoms. The molecule has 0 radical (unpaired) electrons. The quantitative estimate of drug-likeness (QED) is 0.707. The van der Waals surface area contributed by atoms with Gasteiger partial charge >= 0.3 is 17.6 Å². The number of hydrogen-bond acceptors (Lipinski definition) is 6. The zero-order valence-electron chi connectivity index (χ0n) is 13.7. The minimum atomic E-state index is -0.822. The van der Waals surface area contributed by atoms with Crippen LogP contribution in [0.15, 0.2) is 45.6 Å². The standard InChI is InChI=1S/C17H13FN2O5S/c1-20(10-5-3-4-9(18)6-10)17(23)19-14-8-12-13(26-14)7-11(15(21)24-2)16(22)25-12/h3-8H,1-2H3,(H,19,23). The van der Waals surface area contributed by atoms with Crippen molar-refractivity contribution in [3.05, 3.63) is 58.2 Å². The lowest BCUT2D eigenvalue weighted by Crippen LogP contribution is -2.30. The van der Waals surface area contributed by atoms with Crippen molar-refractivity contribution in [2.75, 3.05) is 24.4 Å². The van der Waals surface area contributed by atoms with Gasteiger partial charge in [0, 0.05) is 18.8 Å². The number of anilines is 2. The van der Waals surface area contributed by atoms with E-state index in [-0.39, 0.29) is 11.1 Å². The number of urea groups is 1. The molecule has 0 atom stereocenters. The first-order chi connectivity index (χ1) is 12.4. The van der Waals surface area contributed by atoms with Gasteiger partial charge in [-0.1, -0.05) is 6.07 Å². The van der Waals surface area contributed by atoms with E-state index >= 15 is 0 Å². The molecule has 3 rings (SSSR count). The van der Waals surface area contributed by atoms with Crippen LogP contribution in [0.3, 0.4) is 0 Å². The predicted octanol–water partition coefficient (Wildman–Crippen LogP) is 3.45. The molecule has 2 amide bonds. The number of halogens is 1. The van der Waals surface area contributed by atoms with Crippen molar-refractivity contribution in [3.8, 4) is 0 Å². The Kier molecular flexibility index (Phi) is 4.72. The van der Waals surface area contributed by atoms with Gasteiger partial charge in [0.1, 0.15) is 16.4 Å². The molecule has 7 nitrogen and oxygen atoms in total. The van der Waals surface area contributed by atoms with Crippen LogP contribution in [0.25, 0.3) is 10.3 Å². The van der Waals surface area contributed by atoms with Crippen LogP contribution >= 0.6 is 11.3 Å². The summed E-state index contributed by atoms with van der Waals surface area (Å²) in [5, 5.41) is 3.04. The SMILES string of the molecule is COC(=O)c1cc2sc(NC(=O)N(C)c3cccc(F)c3)cc2oc1=O. The predicted molar refractivity (Wildman–Crippen MR) is 95.5 cm³/mol. The highest BCUT2D eigenvalue weighted by molar-refractivity contribution is 7.22. The van der Waals surface area contributed by atoms with E-state index in [1.807, 2.05) is 0 Å². The number of esters is 1. The molecule has 0 bridgehead atoms. The summed E-state index contributed by atoms with van der Waals surface area (Å²) in [6, 6.07) is 7.92. The van der Waals surface area contributed by atoms with E-state index in [1.54, 1.807) is 6.07 Å². The average molecular weight is 376 g/mol. The minimum Gasteiger partial charge on any atom is -0.465 e. The number of carbonyl (C=O) groups excluding carboxylic acids is 2. The van der Waals surface area contributed by atoms with Crippen molar-refractivity contribution in [1.82, 2.24) is 0 Å². The summed E-state index contributed by atoms with van der Waals surface area (Å²) in [6.45, 7) is 0. The van der Waals surface area contributed by atoms with E-state index in [9.17, 15) is 18.8 Å². The lowest BCUT2D eigenvalue weighted by molar-refractivity contribution is 0.0596. The molecule has 0 unspecified atom stereocenters. The molecule has 2 heterocycles. The highest BCUT2D eigenvalue weighted by Crippen LogP contribution is 2.30. The Bertz CT molecular complexity index is 1060. The van der Waals surface area contributed by atoms with Crippen LogP contribution in [0.5, 0.6) is 0 Å². The molecule has 0 fully saturated rings. The fraction of sp³-hybridized carbons (Fsp3) is 0.118. The van der Waals surface area contributed by atoms with Crippen LogP contribution in [-0.4, -0.2) is 26.2 Å². The van der Waals surface area contributed by atoms with Crippen LogP contribution in [-0.2, 0) is 4.74 Å². The molecule has 3 aromatic rings. The molecule has 134 valence electrons. The van der Waals surface area contributed by atoms with Crippen LogP contribution in [0, 0.1) is 5.82 Å². The number of fused-ring (bicyclic) bond motifs is 1. The van der Waals surface area contributed by atoms with E-state index in [0.717, 1.165) is 18.4 Å². The smallest absolute Gasteiger partial charge is 0.351 e. The molecular formula is C17H13FN2O5S. The maximum atomic E-state index is 13.3. The van der Waals surface area contributed by atoms with Crippen molar-refractivity contribution in [2.24, 2.45) is 0 Å². The Labute approximate surface area is 150 Å². The van der Waals surface area contributed by atoms with Crippen molar-refractivity contribution >= 4 is 44.3 Å². The maximum absolute atomic E-state index is 13.3. The molecule has 1 aromatic carbocycles. The first-order valence-electron chi connectivity index (χ1n) is 7.35. The van der Waals surface area contributed by atoms with Crippen LogP contribution < -0.4 is 15.8 Å². The van der Waals surface area contributed by atoms with E-state index in [4.69, 9.17) is 4.42 Å². The topological polar surface area (TPSA) is 88.8 Å². The summed E-state index contributed by atoms with van der Waals surface area (Å²) >= 11 is 1.12. The second-order valence-electron chi connectivity index (χ2n) is 5.25. The summed E-state index contributed by atoms with van der Waals surface area (Å²) < 4.78 is 23.4. The number of nitrogens with zero attached hydrogens (tertiary/aromatic N) is 1. The van der Waals surface area contributed by atoms with Gasteiger partial charge in [0.05, 0.1) is 11.8 Å². The molecule has 0 saturated heterocycles. The third kappa shape index (κ3) is 3.42. The van der Waals surface area contributed by atoms with Crippen molar-refractivity contribution < 1.29 is 23.1 Å². The summed E-state index contributed by atoms with van der Waals surface area (Å²) in [4.78, 5) is 36.9. The summed E-state index contributed by atoms with van der Waals surface area (Å²) in [7, 11) is 2.65. The van der Waals surface area contributed by atoms with Gasteiger partial charge in [0.2, 0.25) is 0 Å². The van der Waals surface area contributed by atoms with E-state index in [0.29, 0.717) is 15.4 Å². The molecule has 26 heavy (non-hydrogen) atoms. The Morgan fingerprint density at radius 1 is 1.27 bits per heavy atom. The van der Waals surface area contributed by atoms with Gasteiger partial charge < -0.3 is 9.15 Å². The summed E-state index contributed by atoms with van der Waals surface area (Å²) in [6.07, 6.45) is 0. The number of rotatable bonds is 3. The molecule has 0 aliphatic heterocycles. The van der Waals surface area contributed by atoms with Gasteiger partial charge in [0.15, 0.2) is 5.58 Å². The Morgan fingerprint density at radius 2 is 2.04 bits per heavy atom. The van der Waals surface area contributed by atoms with Crippen molar-refractivity contribution in [2.45, 2.75) is 0 Å². The molecule has 1 N–H and O–H groups in total. The van der Waals surface area contributed by atoms with Crippen molar-refractivity contribution in [1.29, 1.82) is 0 Å². The monoisotopic (exact) mass is 376 g/mol. The largest absolute Gasteiger partial charge is 0.465 e. The second kappa shape index (κ2) is 6.96. The lowest BCUT2D eigenvalue weighted by Gasteiger charge is -2.17. The molecular weight excluding hydrogens is 363 g/mol. The normalized spacial score (nSPS) is 10.6. The molecule has 0 aliphatic rings. The Morgan fingerprint density at radius 3 is 2.73 bits per heavy atom. The van der Waals surface area contributed by atoms with Gasteiger partial charge in [-0.15, -0.1) is 11.3 Å². The molecule has 0 saturated carbocycles. The summed E-state index contributed by atoms with van der Waals surface area (Å²) in [5.41, 5.74) is -0.437. The molecule has 0 aliphatic carbocycles. The van der Waals surface area contributed by atoms with E-state index < -0.39 is 23.4 Å². The number of hydrogen-bond donors (Lipinski definition) is 1. The molecule has 0 spiro atoms. The minimum absolute atomic E-state index is 0.225. The number of thiophene rings is 1. The zero-order chi connectivity index (χ0) is 18.8. The van der Waals surface area contributed by atoms with E-state index in [2.05, 4.69) is 10.1 Å². The van der Waals surface area contributed by atoms with Gasteiger partial charge in [0.25, 0.3) is 0 Å². The van der Waals surface area contributed by atoms with Crippen LogP contribution in [0.1, 0.15) is 10.4 Å². The maximum Gasteiger partial charge on any atom is 0.351 e. The number of methoxy groups -OCH3 is 1. The Hall–Kier alpha value is -3.20. The average Bonchev–Trinajstić information content (AvgIpc) is 3.00. The second-order valence-corrected chi connectivity index (χ2v) is 6.33. The first-order valence-corrected chi connectivity index (χ1v) is 8.17. The number of benzene rings is 1. The molecule has 2 aromatic heterocycles. The number of ether oxygens (including phenoxy) is 1. The first kappa shape index (κ1) is 17.6.